The van der Waals surface area contributed by atoms with Crippen molar-refractivity contribution in [1.29, 1.82) is 0 Å². The summed E-state index contributed by atoms with van der Waals surface area (Å²) < 4.78 is 1.10. The number of aryl methyl sites for hydroxylation is 1. The summed E-state index contributed by atoms with van der Waals surface area (Å²) in [6.07, 6.45) is 1.67. The Kier molecular flexibility index (Phi) is 7.39. The van der Waals surface area contributed by atoms with E-state index in [-0.39, 0.29) is 24.7 Å². The van der Waals surface area contributed by atoms with E-state index in [1.165, 1.54) is 6.21 Å². The molecule has 0 unspecified atom stereocenters. The lowest BCUT2D eigenvalue weighted by Gasteiger charge is -2.08. The Hall–Kier alpha value is -1.93. The quantitative estimate of drug-likeness (QED) is 0.379. The first-order valence-corrected chi connectivity index (χ1v) is 9.03. The average molecular weight is 470 g/mol. The second-order valence-corrected chi connectivity index (χ2v) is 7.03. The van der Waals surface area contributed by atoms with Gasteiger partial charge in [-0.1, -0.05) is 23.7 Å². The highest BCUT2D eigenvalue weighted by atomic mass is 127. The normalized spacial score (nSPS) is 10.7. The van der Waals surface area contributed by atoms with Crippen molar-refractivity contribution < 1.29 is 9.59 Å². The molecule has 0 bridgehead atoms. The summed E-state index contributed by atoms with van der Waals surface area (Å²) in [5.74, 6) is -0.527. The van der Waals surface area contributed by atoms with Gasteiger partial charge in [-0.25, -0.2) is 5.43 Å². The SMILES string of the molecule is Cc1cc(I)ccc1NC(=O)CCC(=O)NN=Cc1ccc(Cl)cc1. The Bertz CT molecular complexity index is 791. The predicted molar refractivity (Wildman–Crippen MR) is 109 cm³/mol. The van der Waals surface area contributed by atoms with Crippen LogP contribution in [0.3, 0.4) is 0 Å². The van der Waals surface area contributed by atoms with Crippen molar-refractivity contribution in [2.75, 3.05) is 5.32 Å². The number of benzene rings is 2. The fourth-order valence-electron chi connectivity index (χ4n) is 1.99. The largest absolute Gasteiger partial charge is 0.326 e. The number of nitrogens with one attached hydrogen (secondary N) is 2. The molecule has 0 fully saturated rings. The molecular formula is C18H17ClIN3O2. The summed E-state index contributed by atoms with van der Waals surface area (Å²) >= 11 is 8.00. The predicted octanol–water partition coefficient (Wildman–Crippen LogP) is 4.12. The van der Waals surface area contributed by atoms with Crippen LogP contribution >= 0.6 is 34.2 Å². The molecule has 2 rings (SSSR count). The summed E-state index contributed by atoms with van der Waals surface area (Å²) in [6.45, 7) is 1.93. The van der Waals surface area contributed by atoms with Gasteiger partial charge < -0.3 is 5.32 Å². The van der Waals surface area contributed by atoms with Crippen molar-refractivity contribution in [2.45, 2.75) is 19.8 Å². The number of halogens is 2. The van der Waals surface area contributed by atoms with Crippen molar-refractivity contribution in [3.05, 3.63) is 62.2 Å². The highest BCUT2D eigenvalue weighted by Crippen LogP contribution is 2.18. The number of hydrazone groups is 1. The molecule has 0 radical (unpaired) electrons. The lowest BCUT2D eigenvalue weighted by Crippen LogP contribution is -2.20. The molecule has 2 aromatic rings. The number of amides is 2. The van der Waals surface area contributed by atoms with Gasteiger partial charge in [0.05, 0.1) is 6.21 Å². The number of rotatable bonds is 6. The first-order valence-electron chi connectivity index (χ1n) is 7.57. The second-order valence-electron chi connectivity index (χ2n) is 5.35. The number of nitrogens with zero attached hydrogens (tertiary/aromatic N) is 1. The molecule has 130 valence electrons. The molecule has 0 spiro atoms. The minimum atomic E-state index is -0.320. The van der Waals surface area contributed by atoms with E-state index in [9.17, 15) is 9.59 Å². The van der Waals surface area contributed by atoms with Crippen molar-refractivity contribution in [3.63, 3.8) is 0 Å². The molecule has 0 atom stereocenters. The van der Waals surface area contributed by atoms with Crippen molar-refractivity contribution in [1.82, 2.24) is 5.43 Å². The van der Waals surface area contributed by atoms with E-state index in [2.05, 4.69) is 38.4 Å². The second kappa shape index (κ2) is 9.53. The standard InChI is InChI=1S/C18H17ClIN3O2/c1-12-10-15(20)6-7-16(12)22-17(24)8-9-18(25)23-21-11-13-2-4-14(19)5-3-13/h2-7,10-11H,8-9H2,1H3,(H,22,24)(H,23,25). The van der Waals surface area contributed by atoms with Crippen molar-refractivity contribution >= 4 is 57.9 Å². The fourth-order valence-corrected chi connectivity index (χ4v) is 2.76. The van der Waals surface area contributed by atoms with E-state index >= 15 is 0 Å². The molecule has 0 aliphatic heterocycles. The number of anilines is 1. The van der Waals surface area contributed by atoms with Crippen LogP contribution in [0.15, 0.2) is 47.6 Å². The summed E-state index contributed by atoms with van der Waals surface area (Å²) in [7, 11) is 0. The van der Waals surface area contributed by atoms with Crippen LogP contribution in [0.25, 0.3) is 0 Å². The van der Waals surface area contributed by atoms with Crippen LogP contribution in [-0.2, 0) is 9.59 Å². The van der Waals surface area contributed by atoms with E-state index in [1.807, 2.05) is 25.1 Å². The van der Waals surface area contributed by atoms with Crippen LogP contribution in [0.1, 0.15) is 24.0 Å². The van der Waals surface area contributed by atoms with E-state index in [1.54, 1.807) is 24.3 Å². The van der Waals surface area contributed by atoms with Gasteiger partial charge in [0.1, 0.15) is 0 Å². The Morgan fingerprint density at radius 2 is 1.80 bits per heavy atom. The third-order valence-electron chi connectivity index (χ3n) is 3.31. The first kappa shape index (κ1) is 19.4. The maximum Gasteiger partial charge on any atom is 0.240 e. The molecule has 2 amide bonds. The highest BCUT2D eigenvalue weighted by Gasteiger charge is 2.08. The Morgan fingerprint density at radius 3 is 2.48 bits per heavy atom. The van der Waals surface area contributed by atoms with Gasteiger partial charge in [-0.05, 0) is 71.0 Å². The van der Waals surface area contributed by atoms with Gasteiger partial charge in [-0.15, -0.1) is 0 Å². The Balaban J connectivity index is 1.75. The Morgan fingerprint density at radius 1 is 1.12 bits per heavy atom. The first-order chi connectivity index (χ1) is 11.9. The molecule has 0 aliphatic rings. The molecule has 5 nitrogen and oxygen atoms in total. The van der Waals surface area contributed by atoms with E-state index in [4.69, 9.17) is 11.6 Å². The third kappa shape index (κ3) is 6.83. The van der Waals surface area contributed by atoms with Crippen molar-refractivity contribution in [3.8, 4) is 0 Å². The molecule has 7 heteroatoms. The molecular weight excluding hydrogens is 453 g/mol. The van der Waals surface area contributed by atoms with E-state index in [0.717, 1.165) is 20.4 Å². The maximum absolute atomic E-state index is 11.9. The van der Waals surface area contributed by atoms with Crippen LogP contribution in [0.4, 0.5) is 5.69 Å². The lowest BCUT2D eigenvalue weighted by molar-refractivity contribution is -0.124. The Labute approximate surface area is 165 Å². The summed E-state index contributed by atoms with van der Waals surface area (Å²) in [5, 5.41) is 7.30. The molecule has 2 N–H and O–H groups in total. The van der Waals surface area contributed by atoms with Crippen molar-refractivity contribution in [2.24, 2.45) is 5.10 Å². The van der Waals surface area contributed by atoms with Gasteiger partial charge in [0.25, 0.3) is 0 Å². The third-order valence-corrected chi connectivity index (χ3v) is 4.24. The monoisotopic (exact) mass is 469 g/mol. The van der Waals surface area contributed by atoms with Crippen LogP contribution < -0.4 is 10.7 Å². The minimum Gasteiger partial charge on any atom is -0.326 e. The van der Waals surface area contributed by atoms with Crippen LogP contribution in [0.5, 0.6) is 0 Å². The average Bonchev–Trinajstić information content (AvgIpc) is 2.57. The van der Waals surface area contributed by atoms with Gasteiger partial charge >= 0.3 is 0 Å². The molecule has 0 aliphatic carbocycles. The van der Waals surface area contributed by atoms with Gasteiger partial charge in [0.2, 0.25) is 11.8 Å². The van der Waals surface area contributed by atoms with Crippen LogP contribution in [-0.4, -0.2) is 18.0 Å². The molecule has 0 saturated heterocycles. The van der Waals surface area contributed by atoms with Crippen LogP contribution in [0.2, 0.25) is 5.02 Å². The topological polar surface area (TPSA) is 70.6 Å². The highest BCUT2D eigenvalue weighted by molar-refractivity contribution is 14.1. The zero-order valence-corrected chi connectivity index (χ0v) is 16.5. The minimum absolute atomic E-state index is 0.0627. The van der Waals surface area contributed by atoms with E-state index < -0.39 is 0 Å². The van der Waals surface area contributed by atoms with Crippen LogP contribution in [0, 0.1) is 10.5 Å². The molecule has 0 saturated carbocycles. The smallest absolute Gasteiger partial charge is 0.240 e. The molecule has 25 heavy (non-hydrogen) atoms. The molecule has 0 aromatic heterocycles. The van der Waals surface area contributed by atoms with Gasteiger partial charge in [0, 0.05) is 27.1 Å². The van der Waals surface area contributed by atoms with Gasteiger partial charge in [-0.2, -0.15) is 5.10 Å². The fraction of sp³-hybridized carbons (Fsp3) is 0.167. The summed E-state index contributed by atoms with van der Waals surface area (Å²) in [5.41, 5.74) is 4.96. The zero-order chi connectivity index (χ0) is 18.2. The number of hydrogen-bond acceptors (Lipinski definition) is 3. The van der Waals surface area contributed by atoms with Gasteiger partial charge in [0.15, 0.2) is 0 Å². The number of carbonyl (C=O) groups is 2. The summed E-state index contributed by atoms with van der Waals surface area (Å²) in [6, 6.07) is 12.8. The van der Waals surface area contributed by atoms with E-state index in [0.29, 0.717) is 5.02 Å². The number of carbonyl (C=O) groups excluding carboxylic acids is 2. The molecule has 2 aromatic carbocycles. The lowest BCUT2D eigenvalue weighted by atomic mass is 10.2. The number of hydrogen-bond donors (Lipinski definition) is 2. The van der Waals surface area contributed by atoms with Gasteiger partial charge in [-0.3, -0.25) is 9.59 Å². The zero-order valence-electron chi connectivity index (χ0n) is 13.6. The molecule has 0 heterocycles. The summed E-state index contributed by atoms with van der Waals surface area (Å²) in [4.78, 5) is 23.7. The maximum atomic E-state index is 11.9.